The molecule has 0 amide bonds. The van der Waals surface area contributed by atoms with E-state index >= 15 is 0 Å². The third kappa shape index (κ3) is 2.40. The molecule has 2 aromatic heterocycles. The third-order valence-corrected chi connectivity index (χ3v) is 3.32. The fourth-order valence-corrected chi connectivity index (χ4v) is 2.12. The van der Waals surface area contributed by atoms with Gasteiger partial charge in [-0.05, 0) is 32.5 Å². The Morgan fingerprint density at radius 2 is 2.06 bits per heavy atom. The first kappa shape index (κ1) is 11.9. The Morgan fingerprint density at radius 1 is 1.29 bits per heavy atom. The van der Waals surface area contributed by atoms with E-state index < -0.39 is 0 Å². The number of hydrazine groups is 1. The summed E-state index contributed by atoms with van der Waals surface area (Å²) < 4.78 is 5.49. The Labute approximate surface area is 103 Å². The maximum Gasteiger partial charge on any atom is 0.262 e. The zero-order chi connectivity index (χ0) is 12.4. The van der Waals surface area contributed by atoms with Gasteiger partial charge in [0.25, 0.3) is 5.22 Å². The molecule has 2 rings (SSSR count). The SMILES string of the molecule is Cc1nc(Sc2ncnc(NN)c2C)oc1C. The van der Waals surface area contributed by atoms with Gasteiger partial charge in [-0.2, -0.15) is 0 Å². The van der Waals surface area contributed by atoms with Crippen LogP contribution >= 0.6 is 11.8 Å². The van der Waals surface area contributed by atoms with Crippen LogP contribution in [0.25, 0.3) is 0 Å². The molecule has 3 N–H and O–H groups in total. The second-order valence-electron chi connectivity index (χ2n) is 3.52. The van der Waals surface area contributed by atoms with Crippen LogP contribution < -0.4 is 11.3 Å². The standard InChI is InChI=1S/C10H13N5OS/c1-5-8(15-11)12-4-13-9(5)17-10-14-6(2)7(3)16-10/h4H,11H2,1-3H3,(H,12,13,15). The van der Waals surface area contributed by atoms with E-state index in [4.69, 9.17) is 10.3 Å². The number of rotatable bonds is 3. The number of aryl methyl sites for hydroxylation is 2. The van der Waals surface area contributed by atoms with Gasteiger partial charge in [-0.15, -0.1) is 0 Å². The van der Waals surface area contributed by atoms with E-state index in [2.05, 4.69) is 20.4 Å². The predicted octanol–water partition coefficient (Wildman–Crippen LogP) is 1.83. The number of nitrogens with zero attached hydrogens (tertiary/aromatic N) is 3. The number of hydrogen-bond donors (Lipinski definition) is 2. The van der Waals surface area contributed by atoms with Crippen LogP contribution in [0.4, 0.5) is 5.82 Å². The summed E-state index contributed by atoms with van der Waals surface area (Å²) in [6.45, 7) is 5.68. The molecule has 0 aliphatic carbocycles. The Morgan fingerprint density at radius 3 is 2.65 bits per heavy atom. The van der Waals surface area contributed by atoms with E-state index in [1.807, 2.05) is 20.8 Å². The van der Waals surface area contributed by atoms with Crippen molar-refractivity contribution in [3.05, 3.63) is 23.3 Å². The Bertz CT molecular complexity index is 520. The monoisotopic (exact) mass is 251 g/mol. The number of nitrogen functional groups attached to an aromatic ring is 1. The molecule has 0 radical (unpaired) electrons. The molecule has 0 spiro atoms. The lowest BCUT2D eigenvalue weighted by atomic mass is 10.3. The largest absolute Gasteiger partial charge is 0.436 e. The van der Waals surface area contributed by atoms with Gasteiger partial charge in [0.2, 0.25) is 0 Å². The summed E-state index contributed by atoms with van der Waals surface area (Å²) in [7, 11) is 0. The van der Waals surface area contributed by atoms with Crippen molar-refractivity contribution in [3.8, 4) is 0 Å². The number of nitrogens with one attached hydrogen (secondary N) is 1. The normalized spacial score (nSPS) is 10.6. The van der Waals surface area contributed by atoms with Crippen LogP contribution in [0.1, 0.15) is 17.0 Å². The number of nitrogens with two attached hydrogens (primary N) is 1. The lowest BCUT2D eigenvalue weighted by molar-refractivity contribution is 0.431. The second kappa shape index (κ2) is 4.72. The average molecular weight is 251 g/mol. The van der Waals surface area contributed by atoms with Crippen LogP contribution in [0.5, 0.6) is 0 Å². The van der Waals surface area contributed by atoms with E-state index in [-0.39, 0.29) is 0 Å². The molecule has 2 heterocycles. The van der Waals surface area contributed by atoms with Gasteiger partial charge in [-0.25, -0.2) is 20.8 Å². The minimum absolute atomic E-state index is 0.574. The Hall–Kier alpha value is -1.60. The van der Waals surface area contributed by atoms with Crippen LogP contribution in [-0.2, 0) is 0 Å². The minimum atomic E-state index is 0.574. The van der Waals surface area contributed by atoms with Crippen LogP contribution in [0.3, 0.4) is 0 Å². The number of aromatic nitrogens is 3. The summed E-state index contributed by atoms with van der Waals surface area (Å²) in [5, 5.41) is 1.35. The van der Waals surface area contributed by atoms with E-state index in [1.54, 1.807) is 0 Å². The van der Waals surface area contributed by atoms with Crippen LogP contribution in [0.15, 0.2) is 21.0 Å². The lowest BCUT2D eigenvalue weighted by Crippen LogP contribution is -2.10. The second-order valence-corrected chi connectivity index (χ2v) is 4.46. The van der Waals surface area contributed by atoms with Crippen molar-refractivity contribution in [1.82, 2.24) is 15.0 Å². The van der Waals surface area contributed by atoms with Gasteiger partial charge in [0.1, 0.15) is 22.9 Å². The molecule has 0 unspecified atom stereocenters. The maximum atomic E-state index is 5.49. The molecule has 2 aromatic rings. The van der Waals surface area contributed by atoms with Crippen molar-refractivity contribution in [2.24, 2.45) is 5.84 Å². The van der Waals surface area contributed by atoms with Crippen molar-refractivity contribution in [2.45, 2.75) is 31.0 Å². The van der Waals surface area contributed by atoms with Crippen LogP contribution in [0.2, 0.25) is 0 Å². The summed E-state index contributed by atoms with van der Waals surface area (Å²) in [6.07, 6.45) is 1.45. The fourth-order valence-electron chi connectivity index (χ4n) is 1.25. The molecule has 6 nitrogen and oxygen atoms in total. The molecule has 0 atom stereocenters. The van der Waals surface area contributed by atoms with Crippen molar-refractivity contribution < 1.29 is 4.42 Å². The molecule has 0 saturated carbocycles. The molecule has 0 saturated heterocycles. The summed E-state index contributed by atoms with van der Waals surface area (Å²) in [5.74, 6) is 6.77. The topological polar surface area (TPSA) is 89.9 Å². The van der Waals surface area contributed by atoms with Gasteiger partial charge in [-0.3, -0.25) is 0 Å². The predicted molar refractivity (Wildman–Crippen MR) is 64.7 cm³/mol. The van der Waals surface area contributed by atoms with E-state index in [1.165, 1.54) is 18.1 Å². The zero-order valence-corrected chi connectivity index (χ0v) is 10.6. The van der Waals surface area contributed by atoms with Gasteiger partial charge in [0.05, 0.1) is 5.69 Å². The molecule has 90 valence electrons. The molecule has 17 heavy (non-hydrogen) atoms. The number of hydrogen-bond acceptors (Lipinski definition) is 7. The van der Waals surface area contributed by atoms with Gasteiger partial charge >= 0.3 is 0 Å². The van der Waals surface area contributed by atoms with Crippen molar-refractivity contribution >= 4 is 17.6 Å². The molecule has 0 aromatic carbocycles. The quantitative estimate of drug-likeness (QED) is 0.488. The number of oxazole rings is 1. The zero-order valence-electron chi connectivity index (χ0n) is 9.81. The first-order valence-electron chi connectivity index (χ1n) is 5.02. The highest BCUT2D eigenvalue weighted by Crippen LogP contribution is 2.30. The van der Waals surface area contributed by atoms with Gasteiger partial charge in [0.15, 0.2) is 0 Å². The summed E-state index contributed by atoms with van der Waals surface area (Å²) in [5.41, 5.74) is 4.28. The Kier molecular flexibility index (Phi) is 3.30. The van der Waals surface area contributed by atoms with Gasteiger partial charge < -0.3 is 9.84 Å². The van der Waals surface area contributed by atoms with Crippen molar-refractivity contribution in [1.29, 1.82) is 0 Å². The summed E-state index contributed by atoms with van der Waals surface area (Å²) in [6, 6.07) is 0. The van der Waals surface area contributed by atoms with Gasteiger partial charge in [0, 0.05) is 5.56 Å². The maximum absolute atomic E-state index is 5.49. The first-order valence-corrected chi connectivity index (χ1v) is 5.83. The molecule has 0 aliphatic rings. The number of anilines is 1. The van der Waals surface area contributed by atoms with Crippen LogP contribution in [0, 0.1) is 20.8 Å². The molecule has 0 bridgehead atoms. The molecule has 7 heteroatoms. The van der Waals surface area contributed by atoms with Crippen molar-refractivity contribution in [3.63, 3.8) is 0 Å². The Balaban J connectivity index is 2.30. The fraction of sp³-hybridized carbons (Fsp3) is 0.300. The molecular formula is C10H13N5OS. The smallest absolute Gasteiger partial charge is 0.262 e. The van der Waals surface area contributed by atoms with Crippen LogP contribution in [-0.4, -0.2) is 15.0 Å². The van der Waals surface area contributed by atoms with E-state index in [0.717, 1.165) is 22.0 Å². The molecular weight excluding hydrogens is 238 g/mol. The third-order valence-electron chi connectivity index (χ3n) is 2.37. The highest BCUT2D eigenvalue weighted by Gasteiger charge is 2.12. The first-order chi connectivity index (χ1) is 8.11. The lowest BCUT2D eigenvalue weighted by Gasteiger charge is -2.05. The minimum Gasteiger partial charge on any atom is -0.436 e. The van der Waals surface area contributed by atoms with E-state index in [0.29, 0.717) is 11.0 Å². The highest BCUT2D eigenvalue weighted by molar-refractivity contribution is 7.99. The highest BCUT2D eigenvalue weighted by atomic mass is 32.2. The summed E-state index contributed by atoms with van der Waals surface area (Å²) >= 11 is 1.35. The average Bonchev–Trinajstić information content (AvgIpc) is 2.61. The van der Waals surface area contributed by atoms with Crippen molar-refractivity contribution in [2.75, 3.05) is 5.43 Å². The van der Waals surface area contributed by atoms with Gasteiger partial charge in [-0.1, -0.05) is 0 Å². The molecule has 0 fully saturated rings. The summed E-state index contributed by atoms with van der Waals surface area (Å²) in [4.78, 5) is 12.5. The molecule has 0 aliphatic heterocycles. The van der Waals surface area contributed by atoms with E-state index in [9.17, 15) is 0 Å².